The van der Waals surface area contributed by atoms with Gasteiger partial charge in [0.1, 0.15) is 5.75 Å². The van der Waals surface area contributed by atoms with Gasteiger partial charge in [0.15, 0.2) is 0 Å². The van der Waals surface area contributed by atoms with Gasteiger partial charge in [-0.05, 0) is 43.4 Å². The summed E-state index contributed by atoms with van der Waals surface area (Å²) in [4.78, 5) is 0. The number of aliphatic hydroxyl groups is 1. The monoisotopic (exact) mass is 315 g/mol. The molecule has 2 fully saturated rings. The molecule has 0 radical (unpaired) electrons. The van der Waals surface area contributed by atoms with Crippen LogP contribution in [0.25, 0.3) is 0 Å². The average Bonchev–Trinajstić information content (AvgIpc) is 2.35. The maximum atomic E-state index is 12.3. The molecule has 22 heavy (non-hydrogen) atoms. The van der Waals surface area contributed by atoms with Crippen LogP contribution in [0.1, 0.15) is 37.7 Å². The summed E-state index contributed by atoms with van der Waals surface area (Å²) in [6.07, 6.45) is 0.235. The molecule has 0 spiro atoms. The minimum absolute atomic E-state index is 0.234. The van der Waals surface area contributed by atoms with E-state index >= 15 is 0 Å². The van der Waals surface area contributed by atoms with Crippen molar-refractivity contribution in [1.82, 2.24) is 5.32 Å². The fourth-order valence-electron chi connectivity index (χ4n) is 3.81. The maximum Gasteiger partial charge on any atom is 0.573 e. The van der Waals surface area contributed by atoms with Gasteiger partial charge in [-0.2, -0.15) is 0 Å². The van der Waals surface area contributed by atoms with Gasteiger partial charge in [-0.1, -0.05) is 18.6 Å². The summed E-state index contributed by atoms with van der Waals surface area (Å²) < 4.78 is 40.8. The smallest absolute Gasteiger partial charge is 0.406 e. The van der Waals surface area contributed by atoms with Gasteiger partial charge in [0, 0.05) is 18.5 Å². The molecule has 1 aromatic rings. The largest absolute Gasteiger partial charge is 0.573 e. The molecule has 2 N–H and O–H groups in total. The molecule has 6 heteroatoms. The van der Waals surface area contributed by atoms with Crippen LogP contribution in [-0.2, 0) is 6.42 Å². The van der Waals surface area contributed by atoms with Crippen molar-refractivity contribution in [2.75, 3.05) is 0 Å². The van der Waals surface area contributed by atoms with Crippen molar-refractivity contribution < 1.29 is 23.0 Å². The Kier molecular flexibility index (Phi) is 4.07. The van der Waals surface area contributed by atoms with E-state index in [1.165, 1.54) is 24.6 Å². The Hall–Kier alpha value is -1.27. The molecular formula is C16H20F3NO2. The summed E-state index contributed by atoms with van der Waals surface area (Å²) in [5.41, 5.74) is -0.179. The molecule has 0 amide bonds. The Morgan fingerprint density at radius 1 is 1.23 bits per heavy atom. The summed E-state index contributed by atoms with van der Waals surface area (Å²) in [5, 5.41) is 14.4. The molecule has 2 saturated heterocycles. The lowest BCUT2D eigenvalue weighted by atomic mass is 9.74. The van der Waals surface area contributed by atoms with Crippen LogP contribution < -0.4 is 10.1 Å². The third-order valence-electron chi connectivity index (χ3n) is 4.49. The second-order valence-corrected chi connectivity index (χ2v) is 6.50. The molecule has 2 unspecified atom stereocenters. The maximum absolute atomic E-state index is 12.3. The molecule has 2 atom stereocenters. The van der Waals surface area contributed by atoms with Gasteiger partial charge in [-0.3, -0.25) is 0 Å². The Morgan fingerprint density at radius 2 is 1.91 bits per heavy atom. The first-order valence-corrected chi connectivity index (χ1v) is 7.64. The van der Waals surface area contributed by atoms with Crippen LogP contribution in [0.4, 0.5) is 13.2 Å². The van der Waals surface area contributed by atoms with E-state index in [4.69, 9.17) is 0 Å². The van der Waals surface area contributed by atoms with E-state index in [0.29, 0.717) is 36.9 Å². The molecule has 2 aliphatic heterocycles. The predicted molar refractivity (Wildman–Crippen MR) is 75.6 cm³/mol. The van der Waals surface area contributed by atoms with Gasteiger partial charge in [0.05, 0.1) is 5.60 Å². The number of alkyl halides is 3. The zero-order chi connectivity index (χ0) is 15.8. The van der Waals surface area contributed by atoms with Gasteiger partial charge >= 0.3 is 6.36 Å². The van der Waals surface area contributed by atoms with E-state index in [1.807, 2.05) is 0 Å². The highest BCUT2D eigenvalue weighted by Gasteiger charge is 2.40. The number of nitrogens with one attached hydrogen (secondary N) is 1. The van der Waals surface area contributed by atoms with Crippen molar-refractivity contribution in [3.63, 3.8) is 0 Å². The molecule has 0 aliphatic carbocycles. The van der Waals surface area contributed by atoms with Crippen LogP contribution in [0.15, 0.2) is 24.3 Å². The topological polar surface area (TPSA) is 41.5 Å². The van der Waals surface area contributed by atoms with Crippen molar-refractivity contribution in [1.29, 1.82) is 0 Å². The molecule has 2 aliphatic rings. The molecule has 122 valence electrons. The van der Waals surface area contributed by atoms with Crippen LogP contribution in [-0.4, -0.2) is 29.2 Å². The van der Waals surface area contributed by atoms with E-state index < -0.39 is 12.0 Å². The predicted octanol–water partition coefficient (Wildman–Crippen LogP) is 3.16. The first-order valence-electron chi connectivity index (χ1n) is 7.64. The second-order valence-electron chi connectivity index (χ2n) is 6.50. The number of rotatable bonds is 3. The third-order valence-corrected chi connectivity index (χ3v) is 4.49. The van der Waals surface area contributed by atoms with Gasteiger partial charge in [0.25, 0.3) is 0 Å². The highest BCUT2D eigenvalue weighted by Crippen LogP contribution is 2.35. The standard InChI is InChI=1S/C16H20F3NO2/c17-16(18,19)22-14-6-1-3-11(7-14)8-15(21)9-12-4-2-5-13(10-15)20-12/h1,3,6-7,12-13,20-21H,2,4-5,8-10H2. The van der Waals surface area contributed by atoms with Crippen LogP contribution >= 0.6 is 0 Å². The average molecular weight is 315 g/mol. The van der Waals surface area contributed by atoms with E-state index in [2.05, 4.69) is 10.1 Å². The first-order chi connectivity index (χ1) is 10.3. The van der Waals surface area contributed by atoms with Crippen molar-refractivity contribution in [2.24, 2.45) is 0 Å². The quantitative estimate of drug-likeness (QED) is 0.900. The van der Waals surface area contributed by atoms with E-state index in [9.17, 15) is 18.3 Å². The molecule has 3 nitrogen and oxygen atoms in total. The lowest BCUT2D eigenvalue weighted by molar-refractivity contribution is -0.274. The fraction of sp³-hybridized carbons (Fsp3) is 0.625. The van der Waals surface area contributed by atoms with Gasteiger partial charge in [-0.15, -0.1) is 13.2 Å². The SMILES string of the molecule is OC1(Cc2cccc(OC(F)(F)F)c2)CC2CCCC(C1)N2. The normalized spacial score (nSPS) is 31.8. The Labute approximate surface area is 127 Å². The molecule has 2 bridgehead atoms. The zero-order valence-corrected chi connectivity index (χ0v) is 12.2. The molecule has 2 heterocycles. The van der Waals surface area contributed by atoms with Crippen molar-refractivity contribution in [3.8, 4) is 5.75 Å². The summed E-state index contributed by atoms with van der Waals surface area (Å²) >= 11 is 0. The van der Waals surface area contributed by atoms with Gasteiger partial charge < -0.3 is 15.2 Å². The Morgan fingerprint density at radius 3 is 2.55 bits per heavy atom. The molecular weight excluding hydrogens is 295 g/mol. The van der Waals surface area contributed by atoms with Crippen LogP contribution in [0.3, 0.4) is 0 Å². The Bertz CT molecular complexity index is 520. The van der Waals surface area contributed by atoms with E-state index in [-0.39, 0.29) is 5.75 Å². The number of ether oxygens (including phenoxy) is 1. The lowest BCUT2D eigenvalue weighted by Gasteiger charge is -2.45. The zero-order valence-electron chi connectivity index (χ0n) is 12.2. The number of piperidine rings is 2. The first kappa shape index (κ1) is 15.6. The molecule has 0 saturated carbocycles. The van der Waals surface area contributed by atoms with Gasteiger partial charge in [-0.25, -0.2) is 0 Å². The summed E-state index contributed by atoms with van der Waals surface area (Å²) in [6, 6.07) is 6.53. The lowest BCUT2D eigenvalue weighted by Crippen LogP contribution is -2.56. The number of halogens is 3. The molecule has 0 aromatic heterocycles. The van der Waals surface area contributed by atoms with Crippen LogP contribution in [0, 0.1) is 0 Å². The number of hydrogen-bond donors (Lipinski definition) is 2. The number of benzene rings is 1. The van der Waals surface area contributed by atoms with E-state index in [1.54, 1.807) is 6.07 Å². The highest BCUT2D eigenvalue weighted by molar-refractivity contribution is 5.30. The summed E-state index contributed by atoms with van der Waals surface area (Å²) in [7, 11) is 0. The second kappa shape index (κ2) is 5.74. The van der Waals surface area contributed by atoms with Gasteiger partial charge in [0.2, 0.25) is 0 Å². The molecule has 1 aromatic carbocycles. The van der Waals surface area contributed by atoms with Crippen molar-refractivity contribution in [2.45, 2.75) is 62.6 Å². The fourth-order valence-corrected chi connectivity index (χ4v) is 3.81. The van der Waals surface area contributed by atoms with Crippen molar-refractivity contribution >= 4 is 0 Å². The minimum Gasteiger partial charge on any atom is -0.406 e. The summed E-state index contributed by atoms with van der Waals surface area (Å²) in [6.45, 7) is 0. The highest BCUT2D eigenvalue weighted by atomic mass is 19.4. The minimum atomic E-state index is -4.69. The van der Waals surface area contributed by atoms with Crippen LogP contribution in [0.2, 0.25) is 0 Å². The number of hydrogen-bond acceptors (Lipinski definition) is 3. The Balaban J connectivity index is 1.71. The van der Waals surface area contributed by atoms with E-state index in [0.717, 1.165) is 12.8 Å². The van der Waals surface area contributed by atoms with Crippen LogP contribution in [0.5, 0.6) is 5.75 Å². The molecule has 3 rings (SSSR count). The number of fused-ring (bicyclic) bond motifs is 2. The third kappa shape index (κ3) is 3.93. The summed E-state index contributed by atoms with van der Waals surface area (Å²) in [5.74, 6) is -0.234. The van der Waals surface area contributed by atoms with Crippen molar-refractivity contribution in [3.05, 3.63) is 29.8 Å².